The number of hydrogen-bond donors (Lipinski definition) is 1. The zero-order chi connectivity index (χ0) is 13.1. The Morgan fingerprint density at radius 3 is 2.84 bits per heavy atom. The molecular formula is C13H14N4O2. The number of hydrogen-bond acceptors (Lipinski definition) is 4. The lowest BCUT2D eigenvalue weighted by Gasteiger charge is -2.10. The zero-order valence-electron chi connectivity index (χ0n) is 10.3. The molecule has 1 N–H and O–H groups in total. The van der Waals surface area contributed by atoms with E-state index in [-0.39, 0.29) is 12.0 Å². The summed E-state index contributed by atoms with van der Waals surface area (Å²) in [5.41, 5.74) is 1.65. The van der Waals surface area contributed by atoms with Gasteiger partial charge in [-0.25, -0.2) is 9.67 Å². The van der Waals surface area contributed by atoms with Crippen LogP contribution in [-0.2, 0) is 9.53 Å². The number of ether oxygens (including phenoxy) is 1. The van der Waals surface area contributed by atoms with Crippen LogP contribution >= 0.6 is 0 Å². The number of rotatable bonds is 3. The van der Waals surface area contributed by atoms with Crippen LogP contribution in [0.15, 0.2) is 36.9 Å². The van der Waals surface area contributed by atoms with Gasteiger partial charge in [0.1, 0.15) is 18.8 Å². The molecule has 1 fully saturated rings. The molecule has 1 aromatic heterocycles. The minimum Gasteiger partial charge on any atom is -0.368 e. The van der Waals surface area contributed by atoms with Crippen LogP contribution in [0.1, 0.15) is 12.8 Å². The van der Waals surface area contributed by atoms with Crippen molar-refractivity contribution in [2.45, 2.75) is 18.9 Å². The van der Waals surface area contributed by atoms with Gasteiger partial charge in [0.25, 0.3) is 5.91 Å². The van der Waals surface area contributed by atoms with Gasteiger partial charge in [-0.3, -0.25) is 4.79 Å². The normalized spacial score (nSPS) is 18.4. The molecule has 0 spiro atoms. The fourth-order valence-electron chi connectivity index (χ4n) is 2.05. The summed E-state index contributed by atoms with van der Waals surface area (Å²) >= 11 is 0. The monoisotopic (exact) mass is 258 g/mol. The first-order valence-electron chi connectivity index (χ1n) is 6.20. The van der Waals surface area contributed by atoms with Crippen LogP contribution in [0.4, 0.5) is 5.69 Å². The molecule has 98 valence electrons. The number of anilines is 1. The average Bonchev–Trinajstić information content (AvgIpc) is 3.13. The first-order chi connectivity index (χ1) is 9.33. The van der Waals surface area contributed by atoms with Crippen LogP contribution in [-0.4, -0.2) is 33.4 Å². The largest absolute Gasteiger partial charge is 0.368 e. The summed E-state index contributed by atoms with van der Waals surface area (Å²) in [6, 6.07) is 7.42. The van der Waals surface area contributed by atoms with Gasteiger partial charge in [-0.1, -0.05) is 0 Å². The Morgan fingerprint density at radius 2 is 2.21 bits per heavy atom. The minimum absolute atomic E-state index is 0.0778. The van der Waals surface area contributed by atoms with Crippen LogP contribution in [0.2, 0.25) is 0 Å². The number of nitrogens with one attached hydrogen (secondary N) is 1. The molecule has 1 aliphatic rings. The maximum atomic E-state index is 11.9. The predicted molar refractivity (Wildman–Crippen MR) is 69.0 cm³/mol. The van der Waals surface area contributed by atoms with E-state index < -0.39 is 0 Å². The summed E-state index contributed by atoms with van der Waals surface area (Å²) < 4.78 is 6.99. The molecule has 0 aliphatic carbocycles. The summed E-state index contributed by atoms with van der Waals surface area (Å²) in [6.07, 6.45) is 4.54. The van der Waals surface area contributed by atoms with E-state index in [1.165, 1.54) is 6.33 Å². The topological polar surface area (TPSA) is 69.0 Å². The van der Waals surface area contributed by atoms with Crippen molar-refractivity contribution >= 4 is 11.6 Å². The molecular weight excluding hydrogens is 244 g/mol. The molecule has 0 saturated carbocycles. The van der Waals surface area contributed by atoms with E-state index in [1.54, 1.807) is 11.0 Å². The van der Waals surface area contributed by atoms with Crippen molar-refractivity contribution in [1.82, 2.24) is 14.8 Å². The van der Waals surface area contributed by atoms with E-state index in [1.807, 2.05) is 24.3 Å². The zero-order valence-corrected chi connectivity index (χ0v) is 10.3. The summed E-state index contributed by atoms with van der Waals surface area (Å²) in [7, 11) is 0. The smallest absolute Gasteiger partial charge is 0.253 e. The molecule has 19 heavy (non-hydrogen) atoms. The van der Waals surface area contributed by atoms with Gasteiger partial charge in [0.05, 0.1) is 5.69 Å². The number of carbonyl (C=O) groups excluding carboxylic acids is 1. The third-order valence-corrected chi connectivity index (χ3v) is 3.04. The van der Waals surface area contributed by atoms with Gasteiger partial charge in [-0.15, -0.1) is 0 Å². The van der Waals surface area contributed by atoms with Gasteiger partial charge in [0.2, 0.25) is 0 Å². The Morgan fingerprint density at radius 1 is 1.37 bits per heavy atom. The van der Waals surface area contributed by atoms with Crippen molar-refractivity contribution in [3.63, 3.8) is 0 Å². The summed E-state index contributed by atoms with van der Waals surface area (Å²) in [6.45, 7) is 0.670. The second kappa shape index (κ2) is 5.19. The van der Waals surface area contributed by atoms with Crippen LogP contribution in [0.25, 0.3) is 5.69 Å². The molecule has 1 aromatic carbocycles. The molecule has 6 nitrogen and oxygen atoms in total. The maximum absolute atomic E-state index is 11.9. The molecule has 1 aliphatic heterocycles. The quantitative estimate of drug-likeness (QED) is 0.903. The lowest BCUT2D eigenvalue weighted by molar-refractivity contribution is -0.124. The lowest BCUT2D eigenvalue weighted by Crippen LogP contribution is -2.26. The first kappa shape index (κ1) is 11.9. The van der Waals surface area contributed by atoms with Gasteiger partial charge in [-0.05, 0) is 37.1 Å². The molecule has 1 amide bonds. The number of aromatic nitrogens is 3. The van der Waals surface area contributed by atoms with E-state index in [0.29, 0.717) is 6.61 Å². The lowest BCUT2D eigenvalue weighted by atomic mass is 10.2. The third-order valence-electron chi connectivity index (χ3n) is 3.04. The summed E-state index contributed by atoms with van der Waals surface area (Å²) in [4.78, 5) is 15.8. The van der Waals surface area contributed by atoms with E-state index in [2.05, 4.69) is 15.4 Å². The standard InChI is InChI=1S/C13H14N4O2/c18-13(12-2-1-7-19-12)16-10-3-5-11(6-4-10)17-9-14-8-15-17/h3-6,8-9,12H,1-2,7H2,(H,16,18). The van der Waals surface area contributed by atoms with Crippen molar-refractivity contribution in [1.29, 1.82) is 0 Å². The highest BCUT2D eigenvalue weighted by atomic mass is 16.5. The highest BCUT2D eigenvalue weighted by Crippen LogP contribution is 2.16. The number of amides is 1. The van der Waals surface area contributed by atoms with E-state index in [0.717, 1.165) is 24.2 Å². The van der Waals surface area contributed by atoms with E-state index in [4.69, 9.17) is 4.74 Å². The van der Waals surface area contributed by atoms with Gasteiger partial charge >= 0.3 is 0 Å². The molecule has 2 aromatic rings. The Kier molecular flexibility index (Phi) is 3.24. The first-order valence-corrected chi connectivity index (χ1v) is 6.20. The molecule has 0 bridgehead atoms. The van der Waals surface area contributed by atoms with Gasteiger partial charge in [0.15, 0.2) is 0 Å². The second-order valence-corrected chi connectivity index (χ2v) is 4.38. The van der Waals surface area contributed by atoms with Crippen molar-refractivity contribution in [2.75, 3.05) is 11.9 Å². The average molecular weight is 258 g/mol. The SMILES string of the molecule is O=C(Nc1ccc(-n2cncn2)cc1)C1CCCO1. The number of benzene rings is 1. The van der Waals surface area contributed by atoms with Crippen LogP contribution in [0.5, 0.6) is 0 Å². The minimum atomic E-state index is -0.310. The highest BCUT2D eigenvalue weighted by molar-refractivity contribution is 5.94. The Hall–Kier alpha value is -2.21. The van der Waals surface area contributed by atoms with E-state index >= 15 is 0 Å². The Balaban J connectivity index is 1.67. The van der Waals surface area contributed by atoms with Crippen molar-refractivity contribution < 1.29 is 9.53 Å². The summed E-state index contributed by atoms with van der Waals surface area (Å²) in [5, 5.41) is 6.89. The van der Waals surface area contributed by atoms with Crippen molar-refractivity contribution in [3.8, 4) is 5.69 Å². The molecule has 1 saturated heterocycles. The second-order valence-electron chi connectivity index (χ2n) is 4.38. The molecule has 1 unspecified atom stereocenters. The molecule has 2 heterocycles. The van der Waals surface area contributed by atoms with E-state index in [9.17, 15) is 4.79 Å². The van der Waals surface area contributed by atoms with Crippen molar-refractivity contribution in [3.05, 3.63) is 36.9 Å². The third kappa shape index (κ3) is 2.63. The van der Waals surface area contributed by atoms with Gasteiger partial charge < -0.3 is 10.1 Å². The molecule has 3 rings (SSSR count). The fourth-order valence-corrected chi connectivity index (χ4v) is 2.05. The number of carbonyl (C=O) groups is 1. The Labute approximate surface area is 110 Å². The van der Waals surface area contributed by atoms with Gasteiger partial charge in [0, 0.05) is 12.3 Å². The summed E-state index contributed by atoms with van der Waals surface area (Å²) in [5.74, 6) is -0.0778. The highest BCUT2D eigenvalue weighted by Gasteiger charge is 2.23. The van der Waals surface area contributed by atoms with Crippen LogP contribution in [0, 0.1) is 0 Å². The maximum Gasteiger partial charge on any atom is 0.253 e. The van der Waals surface area contributed by atoms with Crippen LogP contribution < -0.4 is 5.32 Å². The number of nitrogens with zero attached hydrogens (tertiary/aromatic N) is 3. The predicted octanol–water partition coefficient (Wildman–Crippen LogP) is 1.38. The molecule has 1 atom stereocenters. The Bertz CT molecular complexity index is 545. The fraction of sp³-hybridized carbons (Fsp3) is 0.308. The van der Waals surface area contributed by atoms with Gasteiger partial charge in [-0.2, -0.15) is 5.10 Å². The molecule has 6 heteroatoms. The van der Waals surface area contributed by atoms with Crippen molar-refractivity contribution in [2.24, 2.45) is 0 Å². The molecule has 0 radical (unpaired) electrons. The van der Waals surface area contributed by atoms with Crippen LogP contribution in [0.3, 0.4) is 0 Å².